The number of hydrogen-bond donors (Lipinski definition) is 1. The van der Waals surface area contributed by atoms with Crippen LogP contribution < -0.4 is 5.32 Å². The van der Waals surface area contributed by atoms with Crippen LogP contribution in [0.25, 0.3) is 22.8 Å². The topological polar surface area (TPSA) is 103 Å². The third kappa shape index (κ3) is 4.22. The number of nitrogens with one attached hydrogen (secondary N) is 1. The van der Waals surface area contributed by atoms with Gasteiger partial charge in [-0.15, -0.1) is 5.10 Å². The number of nitrogens with zero attached hydrogens (tertiary/aromatic N) is 4. The summed E-state index contributed by atoms with van der Waals surface area (Å²) in [6, 6.07) is 24.8. The Hall–Kier alpha value is -4.33. The lowest BCUT2D eigenvalue weighted by Crippen LogP contribution is -2.20. The molecule has 0 aliphatic rings. The van der Waals surface area contributed by atoms with Gasteiger partial charge in [-0.2, -0.15) is 0 Å². The number of carbonyl (C=O) groups is 1. The van der Waals surface area contributed by atoms with E-state index in [1.807, 2.05) is 60.7 Å². The van der Waals surface area contributed by atoms with Crippen LogP contribution >= 0.6 is 0 Å². The van der Waals surface area contributed by atoms with E-state index in [1.165, 1.54) is 22.9 Å². The van der Waals surface area contributed by atoms with E-state index < -0.39 is 4.92 Å². The van der Waals surface area contributed by atoms with Gasteiger partial charge >= 0.3 is 0 Å². The Kier molecular flexibility index (Phi) is 5.29. The molecule has 0 unspecified atom stereocenters. The standard InChI is InChI=1S/C22H17N5O3/c28-20(23-18-12-7-13-19(14-18)27(29)30)15-26-22(17-10-5-2-6-11-17)24-21(25-26)16-8-3-1-4-9-16/h1-14H,15H2,(H,23,28). The average molecular weight is 399 g/mol. The van der Waals surface area contributed by atoms with Crippen molar-refractivity contribution in [2.75, 3.05) is 5.32 Å². The van der Waals surface area contributed by atoms with Crippen molar-refractivity contribution in [3.63, 3.8) is 0 Å². The molecule has 8 heteroatoms. The highest BCUT2D eigenvalue weighted by atomic mass is 16.6. The van der Waals surface area contributed by atoms with Crippen molar-refractivity contribution in [1.82, 2.24) is 14.8 Å². The van der Waals surface area contributed by atoms with Crippen LogP contribution in [0, 0.1) is 10.1 Å². The Balaban J connectivity index is 1.62. The second-order valence-corrected chi connectivity index (χ2v) is 6.50. The molecule has 1 aromatic heterocycles. The molecule has 0 fully saturated rings. The summed E-state index contributed by atoms with van der Waals surface area (Å²) in [6.07, 6.45) is 0. The highest BCUT2D eigenvalue weighted by Gasteiger charge is 2.16. The maximum atomic E-state index is 12.6. The van der Waals surface area contributed by atoms with Crippen molar-refractivity contribution in [2.45, 2.75) is 6.54 Å². The predicted molar refractivity (Wildman–Crippen MR) is 113 cm³/mol. The van der Waals surface area contributed by atoms with Gasteiger partial charge in [0, 0.05) is 28.9 Å². The van der Waals surface area contributed by atoms with E-state index in [0.29, 0.717) is 17.3 Å². The summed E-state index contributed by atoms with van der Waals surface area (Å²) in [5.41, 5.74) is 1.92. The van der Waals surface area contributed by atoms with Crippen molar-refractivity contribution in [1.29, 1.82) is 0 Å². The molecule has 3 aromatic carbocycles. The van der Waals surface area contributed by atoms with E-state index in [1.54, 1.807) is 6.07 Å². The van der Waals surface area contributed by atoms with Crippen molar-refractivity contribution < 1.29 is 9.72 Å². The Morgan fingerprint density at radius 1 is 0.933 bits per heavy atom. The minimum atomic E-state index is -0.507. The number of aromatic nitrogens is 3. The smallest absolute Gasteiger partial charge is 0.271 e. The van der Waals surface area contributed by atoms with E-state index in [4.69, 9.17) is 0 Å². The molecule has 1 N–H and O–H groups in total. The highest BCUT2D eigenvalue weighted by molar-refractivity contribution is 5.91. The summed E-state index contributed by atoms with van der Waals surface area (Å²) in [5, 5.41) is 18.1. The van der Waals surface area contributed by atoms with Gasteiger partial charge in [-0.05, 0) is 6.07 Å². The zero-order valence-corrected chi connectivity index (χ0v) is 15.8. The Morgan fingerprint density at radius 3 is 2.27 bits per heavy atom. The molecule has 30 heavy (non-hydrogen) atoms. The molecule has 4 rings (SSSR count). The van der Waals surface area contributed by atoms with Crippen molar-refractivity contribution in [2.24, 2.45) is 0 Å². The summed E-state index contributed by atoms with van der Waals surface area (Å²) in [7, 11) is 0. The van der Waals surface area contributed by atoms with Crippen LogP contribution in [0.5, 0.6) is 0 Å². The lowest BCUT2D eigenvalue weighted by molar-refractivity contribution is -0.384. The lowest BCUT2D eigenvalue weighted by atomic mass is 10.2. The fourth-order valence-electron chi connectivity index (χ4n) is 3.00. The van der Waals surface area contributed by atoms with E-state index in [-0.39, 0.29) is 18.1 Å². The van der Waals surface area contributed by atoms with Crippen LogP contribution in [0.4, 0.5) is 11.4 Å². The molecule has 0 aliphatic carbocycles. The number of anilines is 1. The summed E-state index contributed by atoms with van der Waals surface area (Å²) in [5.74, 6) is 0.707. The van der Waals surface area contributed by atoms with Crippen LogP contribution in [-0.4, -0.2) is 25.6 Å². The molecule has 0 saturated heterocycles. The molecular weight excluding hydrogens is 382 g/mol. The Labute approximate surface area is 172 Å². The molecule has 1 heterocycles. The van der Waals surface area contributed by atoms with Crippen LogP contribution in [0.3, 0.4) is 0 Å². The molecule has 0 saturated carbocycles. The first-order chi connectivity index (χ1) is 14.6. The molecule has 0 spiro atoms. The normalized spacial score (nSPS) is 10.5. The molecular formula is C22H17N5O3. The first-order valence-electron chi connectivity index (χ1n) is 9.20. The van der Waals surface area contributed by atoms with Crippen LogP contribution in [0.15, 0.2) is 84.9 Å². The summed E-state index contributed by atoms with van der Waals surface area (Å²) in [6.45, 7) is -0.0905. The number of benzene rings is 3. The maximum absolute atomic E-state index is 12.6. The number of carbonyl (C=O) groups excluding carboxylic acids is 1. The SMILES string of the molecule is O=C(Cn1nc(-c2ccccc2)nc1-c1ccccc1)Nc1cccc([N+](=O)[O-])c1. The van der Waals surface area contributed by atoms with Crippen molar-refractivity contribution >= 4 is 17.3 Å². The number of nitro benzene ring substituents is 1. The van der Waals surface area contributed by atoms with Gasteiger partial charge in [0.25, 0.3) is 5.69 Å². The van der Waals surface area contributed by atoms with Gasteiger partial charge in [0.2, 0.25) is 5.91 Å². The largest absolute Gasteiger partial charge is 0.324 e. The van der Waals surface area contributed by atoms with E-state index >= 15 is 0 Å². The molecule has 148 valence electrons. The predicted octanol–water partition coefficient (Wildman–Crippen LogP) is 4.16. The van der Waals surface area contributed by atoms with Crippen LogP contribution in [-0.2, 0) is 11.3 Å². The minimum absolute atomic E-state index is 0.0905. The third-order valence-corrected chi connectivity index (χ3v) is 4.37. The first kappa shape index (κ1) is 19.0. The number of hydrogen-bond acceptors (Lipinski definition) is 5. The highest BCUT2D eigenvalue weighted by Crippen LogP contribution is 2.23. The summed E-state index contributed by atoms with van der Waals surface area (Å²) < 4.78 is 1.53. The molecule has 0 radical (unpaired) electrons. The molecule has 8 nitrogen and oxygen atoms in total. The van der Waals surface area contributed by atoms with Crippen molar-refractivity contribution in [3.05, 3.63) is 95.0 Å². The zero-order chi connectivity index (χ0) is 20.9. The number of rotatable bonds is 6. The van der Waals surface area contributed by atoms with Crippen molar-refractivity contribution in [3.8, 4) is 22.8 Å². The van der Waals surface area contributed by atoms with Gasteiger partial charge in [-0.1, -0.05) is 66.7 Å². The fourth-order valence-corrected chi connectivity index (χ4v) is 3.00. The van der Waals surface area contributed by atoms with Crippen LogP contribution in [0.2, 0.25) is 0 Å². The fraction of sp³-hybridized carbons (Fsp3) is 0.0455. The number of nitro groups is 1. The molecule has 0 atom stereocenters. The van der Waals surface area contributed by atoms with Gasteiger partial charge in [-0.3, -0.25) is 14.9 Å². The Morgan fingerprint density at radius 2 is 1.60 bits per heavy atom. The second-order valence-electron chi connectivity index (χ2n) is 6.50. The van der Waals surface area contributed by atoms with Crippen LogP contribution in [0.1, 0.15) is 0 Å². The zero-order valence-electron chi connectivity index (χ0n) is 15.8. The van der Waals surface area contributed by atoms with E-state index in [2.05, 4.69) is 15.4 Å². The van der Waals surface area contributed by atoms with Gasteiger partial charge in [-0.25, -0.2) is 9.67 Å². The second kappa shape index (κ2) is 8.36. The third-order valence-electron chi connectivity index (χ3n) is 4.37. The van der Waals surface area contributed by atoms with E-state index in [9.17, 15) is 14.9 Å². The average Bonchev–Trinajstić information content (AvgIpc) is 3.18. The lowest BCUT2D eigenvalue weighted by Gasteiger charge is -2.07. The monoisotopic (exact) mass is 399 g/mol. The van der Waals surface area contributed by atoms with Gasteiger partial charge in [0.15, 0.2) is 11.6 Å². The van der Waals surface area contributed by atoms with Gasteiger partial charge < -0.3 is 5.32 Å². The molecule has 0 bridgehead atoms. The number of amides is 1. The molecule has 0 aliphatic heterocycles. The maximum Gasteiger partial charge on any atom is 0.271 e. The molecule has 4 aromatic rings. The number of non-ortho nitro benzene ring substituents is 1. The molecule has 1 amide bonds. The quantitative estimate of drug-likeness (QED) is 0.387. The Bertz CT molecular complexity index is 1190. The summed E-state index contributed by atoms with van der Waals surface area (Å²) >= 11 is 0. The van der Waals surface area contributed by atoms with E-state index in [0.717, 1.165) is 11.1 Å². The van der Waals surface area contributed by atoms with Gasteiger partial charge in [0.05, 0.1) is 4.92 Å². The van der Waals surface area contributed by atoms with Gasteiger partial charge in [0.1, 0.15) is 6.54 Å². The first-order valence-corrected chi connectivity index (χ1v) is 9.20. The summed E-state index contributed by atoms with van der Waals surface area (Å²) in [4.78, 5) is 27.7. The minimum Gasteiger partial charge on any atom is -0.324 e.